The Hall–Kier alpha value is -0.960. The minimum Gasteiger partial charge on any atom is -0.330 e. The van der Waals surface area contributed by atoms with Gasteiger partial charge in [-0.2, -0.15) is 0 Å². The molecule has 0 spiro atoms. The minimum atomic E-state index is -3.26. The van der Waals surface area contributed by atoms with E-state index < -0.39 is 10.0 Å². The molecule has 0 aliphatic rings. The summed E-state index contributed by atoms with van der Waals surface area (Å²) in [5.74, 6) is 0.0432. The van der Waals surface area contributed by atoms with Crippen molar-refractivity contribution in [1.82, 2.24) is 4.98 Å². The number of aromatic nitrogens is 1. The van der Waals surface area contributed by atoms with Gasteiger partial charge in [0.2, 0.25) is 10.0 Å². The van der Waals surface area contributed by atoms with Gasteiger partial charge in [-0.3, -0.25) is 4.72 Å². The van der Waals surface area contributed by atoms with Crippen LogP contribution in [0.2, 0.25) is 0 Å². The molecule has 0 aromatic carbocycles. The second-order valence-electron chi connectivity index (χ2n) is 3.85. The van der Waals surface area contributed by atoms with Gasteiger partial charge in [-0.1, -0.05) is 0 Å². The molecule has 0 saturated heterocycles. The van der Waals surface area contributed by atoms with Crippen LogP contribution in [0.1, 0.15) is 11.8 Å². The highest BCUT2D eigenvalue weighted by Gasteiger charge is 2.12. The third-order valence-corrected chi connectivity index (χ3v) is 5.75. The minimum absolute atomic E-state index is 0.0432. The van der Waals surface area contributed by atoms with E-state index in [0.29, 0.717) is 11.7 Å². The van der Waals surface area contributed by atoms with Crippen molar-refractivity contribution < 1.29 is 8.42 Å². The molecule has 0 fully saturated rings. The quantitative estimate of drug-likeness (QED) is 0.854. The third-order valence-electron chi connectivity index (χ3n) is 2.43. The average molecular weight is 317 g/mol. The van der Waals surface area contributed by atoms with Gasteiger partial charge in [0, 0.05) is 10.3 Å². The lowest BCUT2D eigenvalue weighted by atomic mass is 10.3. The largest absolute Gasteiger partial charge is 0.330 e. The molecule has 3 N–H and O–H groups in total. The van der Waals surface area contributed by atoms with Crippen LogP contribution in [0, 0.1) is 0 Å². The van der Waals surface area contributed by atoms with Gasteiger partial charge in [-0.05, 0) is 32.0 Å². The monoisotopic (exact) mass is 317 g/mol. The molecule has 0 aliphatic carbocycles. The van der Waals surface area contributed by atoms with Crippen molar-refractivity contribution in [2.45, 2.75) is 13.3 Å². The van der Waals surface area contributed by atoms with E-state index in [0.717, 1.165) is 17.0 Å². The Morgan fingerprint density at radius 3 is 2.89 bits per heavy atom. The van der Waals surface area contributed by atoms with Gasteiger partial charge in [0.15, 0.2) is 5.13 Å². The fourth-order valence-electron chi connectivity index (χ4n) is 1.43. The van der Waals surface area contributed by atoms with Crippen LogP contribution >= 0.6 is 22.7 Å². The summed E-state index contributed by atoms with van der Waals surface area (Å²) >= 11 is 2.92. The highest BCUT2D eigenvalue weighted by molar-refractivity contribution is 7.92. The van der Waals surface area contributed by atoms with Crippen LogP contribution in [-0.2, 0) is 16.4 Å². The molecule has 0 bridgehead atoms. The van der Waals surface area contributed by atoms with Crippen molar-refractivity contribution >= 4 is 37.8 Å². The van der Waals surface area contributed by atoms with Crippen LogP contribution < -0.4 is 10.5 Å². The van der Waals surface area contributed by atoms with Crippen LogP contribution in [0.4, 0.5) is 5.13 Å². The van der Waals surface area contributed by atoms with Crippen LogP contribution in [0.5, 0.6) is 0 Å². The number of hydrogen-bond donors (Lipinski definition) is 2. The van der Waals surface area contributed by atoms with Crippen molar-refractivity contribution in [3.63, 3.8) is 0 Å². The molecule has 2 rings (SSSR count). The Balaban J connectivity index is 2.16. The molecule has 0 unspecified atom stereocenters. The molecule has 2 heterocycles. The summed E-state index contributed by atoms with van der Waals surface area (Å²) in [5, 5.41) is 2.26. The van der Waals surface area contributed by atoms with E-state index in [1.165, 1.54) is 16.2 Å². The molecule has 0 radical (unpaired) electrons. The Morgan fingerprint density at radius 1 is 1.42 bits per heavy atom. The lowest BCUT2D eigenvalue weighted by Gasteiger charge is -2.00. The number of nitrogens with two attached hydrogens (primary N) is 1. The second-order valence-corrected chi connectivity index (χ2v) is 7.89. The predicted molar refractivity (Wildman–Crippen MR) is 81.3 cm³/mol. The number of sulfonamides is 1. The Labute approximate surface area is 120 Å². The van der Waals surface area contributed by atoms with E-state index in [1.54, 1.807) is 18.3 Å². The first-order chi connectivity index (χ1) is 9.04. The van der Waals surface area contributed by atoms with Crippen molar-refractivity contribution in [2.24, 2.45) is 5.73 Å². The van der Waals surface area contributed by atoms with Gasteiger partial charge in [0.05, 0.1) is 16.3 Å². The fourth-order valence-corrected chi connectivity index (χ4v) is 4.07. The van der Waals surface area contributed by atoms with Crippen LogP contribution in [0.25, 0.3) is 10.6 Å². The molecular formula is C11H15N3O2S3. The topological polar surface area (TPSA) is 85.1 Å². The predicted octanol–water partition coefficient (Wildman–Crippen LogP) is 2.13. The maximum Gasteiger partial charge on any atom is 0.234 e. The van der Waals surface area contributed by atoms with Gasteiger partial charge in [0.25, 0.3) is 0 Å². The van der Waals surface area contributed by atoms with Gasteiger partial charge >= 0.3 is 0 Å². The summed E-state index contributed by atoms with van der Waals surface area (Å²) in [7, 11) is -3.26. The van der Waals surface area contributed by atoms with Gasteiger partial charge < -0.3 is 5.73 Å². The molecule has 0 atom stereocenters. The van der Waals surface area contributed by atoms with Crippen LogP contribution in [-0.4, -0.2) is 25.7 Å². The highest BCUT2D eigenvalue weighted by atomic mass is 32.2. The second kappa shape index (κ2) is 6.00. The molecule has 0 saturated carbocycles. The van der Waals surface area contributed by atoms with Crippen LogP contribution in [0.3, 0.4) is 0 Å². The van der Waals surface area contributed by atoms with E-state index in [2.05, 4.69) is 9.71 Å². The highest BCUT2D eigenvalue weighted by Crippen LogP contribution is 2.31. The first kappa shape index (κ1) is 14.4. The van der Waals surface area contributed by atoms with Crippen molar-refractivity contribution in [1.29, 1.82) is 0 Å². The van der Waals surface area contributed by atoms with E-state index in [9.17, 15) is 8.42 Å². The van der Waals surface area contributed by atoms with E-state index in [4.69, 9.17) is 5.73 Å². The lowest BCUT2D eigenvalue weighted by molar-refractivity contribution is 0.602. The number of anilines is 1. The zero-order valence-electron chi connectivity index (χ0n) is 10.4. The van der Waals surface area contributed by atoms with Gasteiger partial charge in [0.1, 0.15) is 0 Å². The maximum absolute atomic E-state index is 11.4. The number of rotatable bonds is 6. The number of nitrogens with one attached hydrogen (secondary N) is 1. The maximum atomic E-state index is 11.4. The number of thiophene rings is 1. The first-order valence-corrected chi connectivity index (χ1v) is 9.14. The average Bonchev–Trinajstić information content (AvgIpc) is 2.98. The van der Waals surface area contributed by atoms with Crippen LogP contribution in [0.15, 0.2) is 17.5 Å². The molecular weight excluding hydrogens is 302 g/mol. The third kappa shape index (κ3) is 3.75. The Morgan fingerprint density at radius 2 is 2.21 bits per heavy atom. The summed E-state index contributed by atoms with van der Waals surface area (Å²) in [6.07, 6.45) is 0.851. The number of nitrogens with zero attached hydrogens (tertiary/aromatic N) is 1. The first-order valence-electron chi connectivity index (χ1n) is 5.79. The summed E-state index contributed by atoms with van der Waals surface area (Å²) in [6.45, 7) is 2.22. The normalized spacial score (nSPS) is 11.7. The zero-order valence-corrected chi connectivity index (χ0v) is 12.9. The SMILES string of the molecule is CCS(=O)(=O)Nc1nc(-c2ccc(CCN)s2)cs1. The number of thiazole rings is 1. The fraction of sp³-hybridized carbons (Fsp3) is 0.364. The van der Waals surface area contributed by atoms with Crippen molar-refractivity contribution in [2.75, 3.05) is 17.0 Å². The van der Waals surface area contributed by atoms with Crippen molar-refractivity contribution in [3.05, 3.63) is 22.4 Å². The van der Waals surface area contributed by atoms with Gasteiger partial charge in [-0.25, -0.2) is 13.4 Å². The smallest absolute Gasteiger partial charge is 0.234 e. The van der Waals surface area contributed by atoms with Crippen molar-refractivity contribution in [3.8, 4) is 10.6 Å². The van der Waals surface area contributed by atoms with E-state index >= 15 is 0 Å². The molecule has 0 amide bonds. The number of hydrogen-bond acceptors (Lipinski definition) is 6. The summed E-state index contributed by atoms with van der Waals surface area (Å²) < 4.78 is 25.4. The Kier molecular flexibility index (Phi) is 4.56. The molecule has 5 nitrogen and oxygen atoms in total. The molecule has 0 aliphatic heterocycles. The van der Waals surface area contributed by atoms with E-state index in [-0.39, 0.29) is 5.75 Å². The Bertz CT molecular complexity index is 646. The molecule has 2 aromatic rings. The zero-order chi connectivity index (χ0) is 13.9. The summed E-state index contributed by atoms with van der Waals surface area (Å²) in [4.78, 5) is 6.53. The molecule has 19 heavy (non-hydrogen) atoms. The van der Waals surface area contributed by atoms with E-state index in [1.807, 2.05) is 17.5 Å². The molecule has 2 aromatic heterocycles. The summed E-state index contributed by atoms with van der Waals surface area (Å²) in [6, 6.07) is 4.02. The lowest BCUT2D eigenvalue weighted by Crippen LogP contribution is -2.14. The standard InChI is InChI=1S/C11H15N3O2S3/c1-2-19(15,16)14-11-13-9(7-17-11)10-4-3-8(18-10)5-6-12/h3-4,7H,2,5-6,12H2,1H3,(H,13,14). The van der Waals surface area contributed by atoms with Gasteiger partial charge in [-0.15, -0.1) is 22.7 Å². The summed E-state index contributed by atoms with van der Waals surface area (Å²) in [5.41, 5.74) is 6.31. The molecule has 8 heteroatoms. The molecule has 104 valence electrons.